The summed E-state index contributed by atoms with van der Waals surface area (Å²) < 4.78 is 16.0. The molecule has 6 rings (SSSR count). The third kappa shape index (κ3) is 4.33. The van der Waals surface area contributed by atoms with Crippen molar-refractivity contribution in [1.29, 1.82) is 0 Å². The molecule has 0 spiro atoms. The zero-order chi connectivity index (χ0) is 26.2. The van der Waals surface area contributed by atoms with Gasteiger partial charge in [0.05, 0.1) is 22.8 Å². The van der Waals surface area contributed by atoms with Crippen LogP contribution in [0.1, 0.15) is 20.3 Å². The summed E-state index contributed by atoms with van der Waals surface area (Å²) in [5, 5.41) is 20.5. The number of nitrogens with one attached hydrogen (secondary N) is 3. The Balaban J connectivity index is 1.42. The van der Waals surface area contributed by atoms with Gasteiger partial charge in [0.25, 0.3) is 0 Å². The minimum absolute atomic E-state index is 0.197. The average molecular weight is 510 g/mol. The summed E-state index contributed by atoms with van der Waals surface area (Å²) in [6, 6.07) is 7.41. The summed E-state index contributed by atoms with van der Waals surface area (Å²) in [6.07, 6.45) is 9.53. The predicted molar refractivity (Wildman–Crippen MR) is 142 cm³/mol. The third-order valence-corrected chi connectivity index (χ3v) is 6.20. The smallest absolute Gasteiger partial charge is 0.184 e. The maximum absolute atomic E-state index is 16.0. The predicted octanol–water partition coefficient (Wildman–Crippen LogP) is 4.94. The Bertz CT molecular complexity index is 1750. The van der Waals surface area contributed by atoms with E-state index in [2.05, 4.69) is 45.4 Å². The number of aliphatic hydroxyl groups excluding tert-OH is 1. The molecule has 4 N–H and O–H groups in total. The lowest BCUT2D eigenvalue weighted by molar-refractivity contribution is 0.176. The Hall–Kier alpha value is -4.77. The van der Waals surface area contributed by atoms with Crippen molar-refractivity contribution in [2.24, 2.45) is 5.92 Å². The summed E-state index contributed by atoms with van der Waals surface area (Å²) in [5.74, 6) is 0.182. The highest BCUT2D eigenvalue weighted by molar-refractivity contribution is 5.96. The minimum Gasteiger partial charge on any atom is -0.374 e. The van der Waals surface area contributed by atoms with E-state index in [1.807, 2.05) is 32.0 Å². The fourth-order valence-electron chi connectivity index (χ4n) is 4.48. The Morgan fingerprint density at radius 2 is 1.84 bits per heavy atom. The molecule has 0 saturated heterocycles. The van der Waals surface area contributed by atoms with Crippen molar-refractivity contribution in [3.05, 3.63) is 67.3 Å². The first-order chi connectivity index (χ1) is 18.5. The average Bonchev–Trinajstić information content (AvgIpc) is 3.54. The number of aromatic amines is 2. The van der Waals surface area contributed by atoms with E-state index in [-0.39, 0.29) is 16.6 Å². The first kappa shape index (κ1) is 23.6. The molecular formula is C27H24FN9O. The highest BCUT2D eigenvalue weighted by atomic mass is 19.1. The van der Waals surface area contributed by atoms with Gasteiger partial charge in [0.1, 0.15) is 17.7 Å². The van der Waals surface area contributed by atoms with E-state index < -0.39 is 12.0 Å². The van der Waals surface area contributed by atoms with Gasteiger partial charge in [-0.05, 0) is 30.5 Å². The standard InChI is InChI=1S/C27H24FN9O/c1-14(2)8-20(38)33-17-9-16(11-30-12-17)19-13-32-25-21(22(19)28)24(36-37-25)27-34-23-18(5-7-31-26(23)35-27)15-4-3-6-29-10-15/h3-7,9-14,20,33,38H,8H2,1-2H3,(H,31,34,35)(H,32,36,37). The molecule has 11 heteroatoms. The lowest BCUT2D eigenvalue weighted by Crippen LogP contribution is -2.20. The third-order valence-electron chi connectivity index (χ3n) is 6.20. The van der Waals surface area contributed by atoms with Gasteiger partial charge in [-0.3, -0.25) is 15.1 Å². The number of nitrogens with zero attached hydrogens (tertiary/aromatic N) is 6. The van der Waals surface area contributed by atoms with Gasteiger partial charge in [-0.15, -0.1) is 0 Å². The molecule has 0 radical (unpaired) electrons. The Morgan fingerprint density at radius 1 is 0.974 bits per heavy atom. The van der Waals surface area contributed by atoms with Crippen molar-refractivity contribution in [1.82, 2.24) is 40.1 Å². The second-order valence-corrected chi connectivity index (χ2v) is 9.42. The number of imidazole rings is 1. The van der Waals surface area contributed by atoms with Crippen molar-refractivity contribution >= 4 is 27.9 Å². The summed E-state index contributed by atoms with van der Waals surface area (Å²) in [4.78, 5) is 25.0. The van der Waals surface area contributed by atoms with Gasteiger partial charge in [0.15, 0.2) is 17.1 Å². The minimum atomic E-state index is -0.740. The van der Waals surface area contributed by atoms with Crippen LogP contribution in [-0.4, -0.2) is 51.4 Å². The van der Waals surface area contributed by atoms with Crippen LogP contribution in [0.25, 0.3) is 56.0 Å². The van der Waals surface area contributed by atoms with Gasteiger partial charge in [0, 0.05) is 53.2 Å². The molecule has 0 saturated carbocycles. The van der Waals surface area contributed by atoms with Crippen molar-refractivity contribution < 1.29 is 9.50 Å². The summed E-state index contributed by atoms with van der Waals surface area (Å²) in [7, 11) is 0. The first-order valence-electron chi connectivity index (χ1n) is 12.2. The van der Waals surface area contributed by atoms with E-state index in [1.54, 1.807) is 37.1 Å². The van der Waals surface area contributed by atoms with E-state index in [0.717, 1.165) is 11.1 Å². The Morgan fingerprint density at radius 3 is 2.66 bits per heavy atom. The fraction of sp³-hybridized carbons (Fsp3) is 0.185. The van der Waals surface area contributed by atoms with Crippen LogP contribution < -0.4 is 5.32 Å². The zero-order valence-electron chi connectivity index (χ0n) is 20.6. The first-order valence-corrected chi connectivity index (χ1v) is 12.2. The van der Waals surface area contributed by atoms with Crippen LogP contribution in [0, 0.1) is 11.7 Å². The molecule has 0 aliphatic heterocycles. The topological polar surface area (TPSA) is 141 Å². The highest BCUT2D eigenvalue weighted by Gasteiger charge is 2.21. The number of hydrogen-bond acceptors (Lipinski definition) is 8. The number of H-pyrrole nitrogens is 2. The number of anilines is 1. The Labute approximate surface area is 216 Å². The van der Waals surface area contributed by atoms with Gasteiger partial charge in [-0.1, -0.05) is 19.9 Å². The molecule has 0 aliphatic carbocycles. The molecule has 0 bridgehead atoms. The van der Waals surface area contributed by atoms with Gasteiger partial charge >= 0.3 is 0 Å². The molecule has 0 aromatic carbocycles. The van der Waals surface area contributed by atoms with Crippen LogP contribution in [-0.2, 0) is 0 Å². The lowest BCUT2D eigenvalue weighted by Gasteiger charge is -2.16. The monoisotopic (exact) mass is 509 g/mol. The maximum Gasteiger partial charge on any atom is 0.184 e. The molecule has 10 nitrogen and oxygen atoms in total. The van der Waals surface area contributed by atoms with E-state index in [1.165, 1.54) is 6.20 Å². The van der Waals surface area contributed by atoms with E-state index in [0.29, 0.717) is 46.3 Å². The number of fused-ring (bicyclic) bond motifs is 2. The normalized spacial score (nSPS) is 12.4. The highest BCUT2D eigenvalue weighted by Crippen LogP contribution is 2.34. The van der Waals surface area contributed by atoms with Gasteiger partial charge < -0.3 is 15.4 Å². The van der Waals surface area contributed by atoms with Gasteiger partial charge in [-0.25, -0.2) is 19.3 Å². The largest absolute Gasteiger partial charge is 0.374 e. The molecule has 6 aromatic heterocycles. The number of halogens is 1. The van der Waals surface area contributed by atoms with Crippen molar-refractivity contribution in [2.45, 2.75) is 26.5 Å². The molecule has 0 amide bonds. The van der Waals surface area contributed by atoms with Crippen LogP contribution in [0.2, 0.25) is 0 Å². The molecule has 0 fully saturated rings. The summed E-state index contributed by atoms with van der Waals surface area (Å²) >= 11 is 0. The van der Waals surface area contributed by atoms with Crippen LogP contribution >= 0.6 is 0 Å². The number of hydrogen-bond donors (Lipinski definition) is 4. The van der Waals surface area contributed by atoms with Crippen molar-refractivity contribution in [3.63, 3.8) is 0 Å². The summed E-state index contributed by atoms with van der Waals surface area (Å²) in [5.41, 5.74) is 4.87. The Kier molecular flexibility index (Phi) is 5.97. The van der Waals surface area contributed by atoms with E-state index in [9.17, 15) is 5.11 Å². The van der Waals surface area contributed by atoms with Crippen LogP contribution in [0.3, 0.4) is 0 Å². The summed E-state index contributed by atoms with van der Waals surface area (Å²) in [6.45, 7) is 4.05. The van der Waals surface area contributed by atoms with Crippen LogP contribution in [0.4, 0.5) is 10.1 Å². The number of aliphatic hydroxyl groups is 1. The molecule has 6 aromatic rings. The zero-order valence-corrected chi connectivity index (χ0v) is 20.6. The molecule has 1 unspecified atom stereocenters. The quantitative estimate of drug-likeness (QED) is 0.222. The molecule has 0 aliphatic rings. The second kappa shape index (κ2) is 9.60. The van der Waals surface area contributed by atoms with E-state index in [4.69, 9.17) is 0 Å². The SMILES string of the molecule is CC(C)CC(O)Nc1cncc(-c2cnc3n[nH]c(-c4nc5nccc(-c6cccnc6)c5[nH]4)c3c2F)c1. The van der Waals surface area contributed by atoms with Crippen LogP contribution in [0.15, 0.2) is 61.4 Å². The van der Waals surface area contributed by atoms with Crippen LogP contribution in [0.5, 0.6) is 0 Å². The maximum atomic E-state index is 16.0. The molecule has 6 heterocycles. The van der Waals surface area contributed by atoms with Crippen molar-refractivity contribution in [3.8, 4) is 33.8 Å². The fourth-order valence-corrected chi connectivity index (χ4v) is 4.48. The molecule has 38 heavy (non-hydrogen) atoms. The second-order valence-electron chi connectivity index (χ2n) is 9.42. The number of aromatic nitrogens is 8. The van der Waals surface area contributed by atoms with Gasteiger partial charge in [0.2, 0.25) is 0 Å². The molecular weight excluding hydrogens is 485 g/mol. The molecule has 1 atom stereocenters. The van der Waals surface area contributed by atoms with Gasteiger partial charge in [-0.2, -0.15) is 5.10 Å². The van der Waals surface area contributed by atoms with E-state index >= 15 is 4.39 Å². The number of pyridine rings is 4. The number of rotatable bonds is 7. The molecule has 190 valence electrons. The lowest BCUT2D eigenvalue weighted by atomic mass is 10.1. The van der Waals surface area contributed by atoms with Crippen molar-refractivity contribution in [2.75, 3.05) is 5.32 Å².